The van der Waals surface area contributed by atoms with Crippen LogP contribution in [0.4, 0.5) is 17.3 Å². The molecule has 3 aromatic rings. The molecule has 0 spiro atoms. The fourth-order valence-corrected chi connectivity index (χ4v) is 2.09. The molecule has 20 heavy (non-hydrogen) atoms. The largest absolute Gasteiger partial charge is 0.372 e. The Morgan fingerprint density at radius 1 is 1.15 bits per heavy atom. The lowest BCUT2D eigenvalue weighted by atomic mass is 10.1. The molecule has 0 aliphatic heterocycles. The molecule has 0 unspecified atom stereocenters. The van der Waals surface area contributed by atoms with E-state index >= 15 is 0 Å². The topological polar surface area (TPSA) is 54.2 Å². The first-order valence-corrected chi connectivity index (χ1v) is 6.53. The van der Waals surface area contributed by atoms with E-state index in [4.69, 9.17) is 0 Å². The van der Waals surface area contributed by atoms with Gasteiger partial charge in [0.15, 0.2) is 11.5 Å². The zero-order chi connectivity index (χ0) is 14.1. The predicted octanol–water partition coefficient (Wildman–Crippen LogP) is 3.13. The fraction of sp³-hybridized carbons (Fsp3) is 0.200. The second kappa shape index (κ2) is 4.85. The lowest BCUT2D eigenvalue weighted by molar-refractivity contribution is 1.12. The lowest BCUT2D eigenvalue weighted by Gasteiger charge is -2.10. The van der Waals surface area contributed by atoms with Gasteiger partial charge < -0.3 is 15.0 Å². The summed E-state index contributed by atoms with van der Waals surface area (Å²) in [6, 6.07) is 6.26. The number of nitrogens with one attached hydrogen (secondary N) is 2. The number of fused-ring (bicyclic) bond motifs is 1. The maximum absolute atomic E-state index is 4.53. The number of aromatic nitrogens is 3. The number of rotatable bonds is 3. The Bertz CT molecular complexity index is 760. The highest BCUT2D eigenvalue weighted by Gasteiger charge is 2.07. The van der Waals surface area contributed by atoms with Crippen molar-refractivity contribution in [3.8, 4) is 0 Å². The van der Waals surface area contributed by atoms with Crippen LogP contribution < -0.4 is 10.6 Å². The summed E-state index contributed by atoms with van der Waals surface area (Å²) in [6.07, 6.45) is 5.58. The summed E-state index contributed by atoms with van der Waals surface area (Å²) in [4.78, 5) is 8.87. The molecule has 0 aliphatic carbocycles. The van der Waals surface area contributed by atoms with E-state index in [9.17, 15) is 0 Å². The van der Waals surface area contributed by atoms with Crippen molar-refractivity contribution < 1.29 is 0 Å². The summed E-state index contributed by atoms with van der Waals surface area (Å²) >= 11 is 0. The predicted molar refractivity (Wildman–Crippen MR) is 81.7 cm³/mol. The Hall–Kier alpha value is -2.56. The minimum atomic E-state index is 0.741. The Morgan fingerprint density at radius 2 is 2.00 bits per heavy atom. The first kappa shape index (κ1) is 12.5. The minimum Gasteiger partial charge on any atom is -0.372 e. The van der Waals surface area contributed by atoms with Crippen molar-refractivity contribution >= 4 is 23.0 Å². The number of nitrogens with zero attached hydrogens (tertiary/aromatic N) is 3. The van der Waals surface area contributed by atoms with Crippen LogP contribution in [0, 0.1) is 13.8 Å². The first-order valence-electron chi connectivity index (χ1n) is 6.53. The highest BCUT2D eigenvalue weighted by atomic mass is 15.1. The van der Waals surface area contributed by atoms with Gasteiger partial charge in [-0.15, -0.1) is 0 Å². The first-order chi connectivity index (χ1) is 9.67. The van der Waals surface area contributed by atoms with Crippen LogP contribution in [0.2, 0.25) is 0 Å². The summed E-state index contributed by atoms with van der Waals surface area (Å²) in [7, 11) is 1.85. The Morgan fingerprint density at radius 3 is 2.75 bits per heavy atom. The van der Waals surface area contributed by atoms with E-state index in [2.05, 4.69) is 52.6 Å². The van der Waals surface area contributed by atoms with Gasteiger partial charge in [-0.05, 0) is 37.1 Å². The third-order valence-electron chi connectivity index (χ3n) is 3.40. The minimum absolute atomic E-state index is 0.741. The molecule has 5 nitrogen and oxygen atoms in total. The normalized spacial score (nSPS) is 10.8. The van der Waals surface area contributed by atoms with Gasteiger partial charge in [0, 0.05) is 25.1 Å². The zero-order valence-corrected chi connectivity index (χ0v) is 11.8. The van der Waals surface area contributed by atoms with E-state index in [0.717, 1.165) is 23.0 Å². The molecule has 0 saturated heterocycles. The summed E-state index contributed by atoms with van der Waals surface area (Å²) in [5.74, 6) is 1.53. The van der Waals surface area contributed by atoms with E-state index in [1.807, 2.05) is 23.8 Å². The number of benzene rings is 1. The Balaban J connectivity index is 2.04. The van der Waals surface area contributed by atoms with Crippen LogP contribution in [-0.2, 0) is 0 Å². The van der Waals surface area contributed by atoms with Crippen molar-refractivity contribution in [1.82, 2.24) is 14.4 Å². The van der Waals surface area contributed by atoms with Gasteiger partial charge in [-0.25, -0.2) is 9.97 Å². The average molecular weight is 267 g/mol. The molecule has 0 atom stereocenters. The third-order valence-corrected chi connectivity index (χ3v) is 3.40. The second-order valence-corrected chi connectivity index (χ2v) is 4.81. The van der Waals surface area contributed by atoms with Crippen LogP contribution in [0.1, 0.15) is 11.1 Å². The number of hydrogen-bond acceptors (Lipinski definition) is 4. The quantitative estimate of drug-likeness (QED) is 0.765. The SMILES string of the molecule is CNc1cn2ccnc2c(Nc2ccc(C)c(C)c2)n1. The second-order valence-electron chi connectivity index (χ2n) is 4.81. The van der Waals surface area contributed by atoms with Gasteiger partial charge >= 0.3 is 0 Å². The zero-order valence-electron chi connectivity index (χ0n) is 11.8. The van der Waals surface area contributed by atoms with Crippen LogP contribution >= 0.6 is 0 Å². The fourth-order valence-electron chi connectivity index (χ4n) is 2.09. The molecular weight excluding hydrogens is 250 g/mol. The van der Waals surface area contributed by atoms with E-state index in [1.54, 1.807) is 6.20 Å². The van der Waals surface area contributed by atoms with Gasteiger partial charge in [-0.3, -0.25) is 0 Å². The average Bonchev–Trinajstić information content (AvgIpc) is 2.91. The molecule has 0 bridgehead atoms. The molecule has 1 aromatic carbocycles. The summed E-state index contributed by atoms with van der Waals surface area (Å²) in [5.41, 5.74) is 4.35. The van der Waals surface area contributed by atoms with Gasteiger partial charge in [0.2, 0.25) is 0 Å². The molecule has 0 amide bonds. The van der Waals surface area contributed by atoms with Gasteiger partial charge in [0.05, 0.1) is 6.20 Å². The van der Waals surface area contributed by atoms with Crippen molar-refractivity contribution in [2.75, 3.05) is 17.7 Å². The standard InChI is InChI=1S/C15H17N5/c1-10-4-5-12(8-11(10)2)18-14-15-17-6-7-20(15)9-13(16-3)19-14/h4-9,16H,1-3H3,(H,18,19). The van der Waals surface area contributed by atoms with Gasteiger partial charge in [-0.2, -0.15) is 0 Å². The molecule has 2 N–H and O–H groups in total. The molecule has 2 heterocycles. The molecule has 0 saturated carbocycles. The maximum atomic E-state index is 4.53. The highest BCUT2D eigenvalue weighted by molar-refractivity contribution is 5.72. The number of aryl methyl sites for hydroxylation is 2. The maximum Gasteiger partial charge on any atom is 0.180 e. The van der Waals surface area contributed by atoms with E-state index in [-0.39, 0.29) is 0 Å². The van der Waals surface area contributed by atoms with Crippen LogP contribution in [-0.4, -0.2) is 21.4 Å². The van der Waals surface area contributed by atoms with Crippen molar-refractivity contribution in [3.05, 3.63) is 47.9 Å². The van der Waals surface area contributed by atoms with Crippen molar-refractivity contribution in [2.45, 2.75) is 13.8 Å². The van der Waals surface area contributed by atoms with Crippen LogP contribution in [0.3, 0.4) is 0 Å². The van der Waals surface area contributed by atoms with E-state index in [0.29, 0.717) is 0 Å². The van der Waals surface area contributed by atoms with Gasteiger partial charge in [-0.1, -0.05) is 6.07 Å². The third kappa shape index (κ3) is 2.18. The van der Waals surface area contributed by atoms with E-state index < -0.39 is 0 Å². The summed E-state index contributed by atoms with van der Waals surface area (Å²) in [6.45, 7) is 4.20. The summed E-state index contributed by atoms with van der Waals surface area (Å²) < 4.78 is 1.95. The smallest absolute Gasteiger partial charge is 0.180 e. The van der Waals surface area contributed by atoms with Gasteiger partial charge in [0.25, 0.3) is 0 Å². The van der Waals surface area contributed by atoms with Crippen LogP contribution in [0.15, 0.2) is 36.8 Å². The Kier molecular flexibility index (Phi) is 3.02. The van der Waals surface area contributed by atoms with Crippen molar-refractivity contribution in [1.29, 1.82) is 0 Å². The van der Waals surface area contributed by atoms with Crippen LogP contribution in [0.25, 0.3) is 5.65 Å². The van der Waals surface area contributed by atoms with Crippen molar-refractivity contribution in [3.63, 3.8) is 0 Å². The summed E-state index contributed by atoms with van der Waals surface area (Å²) in [5, 5.41) is 6.40. The molecule has 3 rings (SSSR count). The molecule has 0 fully saturated rings. The van der Waals surface area contributed by atoms with E-state index in [1.165, 1.54) is 11.1 Å². The van der Waals surface area contributed by atoms with Crippen LogP contribution in [0.5, 0.6) is 0 Å². The number of hydrogen-bond donors (Lipinski definition) is 2. The molecule has 102 valence electrons. The number of imidazole rings is 1. The molecular formula is C15H17N5. The van der Waals surface area contributed by atoms with Gasteiger partial charge in [0.1, 0.15) is 5.82 Å². The lowest BCUT2D eigenvalue weighted by Crippen LogP contribution is -2.02. The molecule has 0 aliphatic rings. The number of anilines is 3. The highest BCUT2D eigenvalue weighted by Crippen LogP contribution is 2.22. The monoisotopic (exact) mass is 267 g/mol. The Labute approximate surface area is 117 Å². The molecule has 5 heteroatoms. The van der Waals surface area contributed by atoms with Crippen molar-refractivity contribution in [2.24, 2.45) is 0 Å². The molecule has 2 aromatic heterocycles. The molecule has 0 radical (unpaired) electrons.